The van der Waals surface area contributed by atoms with Crippen LogP contribution in [-0.2, 0) is 6.54 Å². The molecule has 6 rings (SSSR count). The van der Waals surface area contributed by atoms with E-state index < -0.39 is 0 Å². The van der Waals surface area contributed by atoms with Crippen molar-refractivity contribution in [2.75, 3.05) is 37.9 Å². The van der Waals surface area contributed by atoms with Gasteiger partial charge < -0.3 is 14.4 Å². The lowest BCUT2D eigenvalue weighted by atomic mass is 10.1. The summed E-state index contributed by atoms with van der Waals surface area (Å²) >= 11 is 7.76. The van der Waals surface area contributed by atoms with Crippen molar-refractivity contribution in [1.29, 1.82) is 0 Å². The predicted molar refractivity (Wildman–Crippen MR) is 128 cm³/mol. The first-order chi connectivity index (χ1) is 15.7. The number of rotatable bonds is 4. The van der Waals surface area contributed by atoms with Crippen LogP contribution in [0.25, 0.3) is 21.3 Å². The van der Waals surface area contributed by atoms with Crippen LogP contribution in [0.15, 0.2) is 54.2 Å². The second-order valence-corrected chi connectivity index (χ2v) is 9.28. The van der Waals surface area contributed by atoms with Crippen molar-refractivity contribution in [1.82, 2.24) is 14.9 Å². The van der Waals surface area contributed by atoms with Gasteiger partial charge in [0, 0.05) is 48.7 Å². The van der Waals surface area contributed by atoms with Crippen LogP contribution in [0.3, 0.4) is 0 Å². The van der Waals surface area contributed by atoms with Gasteiger partial charge in [-0.2, -0.15) is 0 Å². The monoisotopic (exact) mass is 464 g/mol. The standard InChI is InChI=1S/C24H21ClN4O2S/c25-18-4-2-17(3-5-18)19-13-32-24-22(19)23(26-14-27-24)29-9-7-28(8-10-29)12-16-1-6-20-21(11-16)31-15-30-20/h1-6,11,13-14H,7-10,12,15H2. The van der Waals surface area contributed by atoms with Crippen LogP contribution in [0.5, 0.6) is 11.5 Å². The average Bonchev–Trinajstić information content (AvgIpc) is 3.47. The Kier molecular flexibility index (Phi) is 5.09. The molecule has 1 fully saturated rings. The van der Waals surface area contributed by atoms with E-state index in [4.69, 9.17) is 26.1 Å². The van der Waals surface area contributed by atoms with Crippen molar-refractivity contribution in [3.8, 4) is 22.6 Å². The first kappa shape index (κ1) is 19.8. The van der Waals surface area contributed by atoms with Crippen molar-refractivity contribution in [3.05, 3.63) is 64.8 Å². The van der Waals surface area contributed by atoms with Gasteiger partial charge >= 0.3 is 0 Å². The van der Waals surface area contributed by atoms with Gasteiger partial charge in [-0.05, 0) is 35.4 Å². The number of ether oxygens (including phenoxy) is 2. The number of piperazine rings is 1. The zero-order valence-corrected chi connectivity index (χ0v) is 18.9. The van der Waals surface area contributed by atoms with E-state index in [-0.39, 0.29) is 0 Å². The lowest BCUT2D eigenvalue weighted by Gasteiger charge is -2.35. The Labute approximate surface area is 195 Å². The van der Waals surface area contributed by atoms with Crippen LogP contribution >= 0.6 is 22.9 Å². The number of aromatic nitrogens is 2. The van der Waals surface area contributed by atoms with Gasteiger partial charge in [0.2, 0.25) is 6.79 Å². The highest BCUT2D eigenvalue weighted by Crippen LogP contribution is 2.38. The molecule has 2 aromatic carbocycles. The van der Waals surface area contributed by atoms with Gasteiger partial charge in [-0.25, -0.2) is 9.97 Å². The summed E-state index contributed by atoms with van der Waals surface area (Å²) in [5, 5.41) is 4.04. The highest BCUT2D eigenvalue weighted by molar-refractivity contribution is 7.17. The van der Waals surface area contributed by atoms with E-state index in [1.54, 1.807) is 17.7 Å². The quantitative estimate of drug-likeness (QED) is 0.420. The number of benzene rings is 2. The van der Waals surface area contributed by atoms with Gasteiger partial charge in [0.15, 0.2) is 11.5 Å². The highest BCUT2D eigenvalue weighted by atomic mass is 35.5. The number of halogens is 1. The van der Waals surface area contributed by atoms with Gasteiger partial charge in [0.1, 0.15) is 17.0 Å². The van der Waals surface area contributed by atoms with E-state index in [2.05, 4.69) is 44.4 Å². The van der Waals surface area contributed by atoms with Gasteiger partial charge in [0.05, 0.1) is 5.39 Å². The maximum absolute atomic E-state index is 6.10. The molecule has 8 heteroatoms. The van der Waals surface area contributed by atoms with Crippen molar-refractivity contribution in [2.45, 2.75) is 6.54 Å². The van der Waals surface area contributed by atoms with Crippen molar-refractivity contribution in [3.63, 3.8) is 0 Å². The molecule has 1 saturated heterocycles. The van der Waals surface area contributed by atoms with Crippen LogP contribution in [-0.4, -0.2) is 47.8 Å². The molecule has 0 atom stereocenters. The van der Waals surface area contributed by atoms with E-state index >= 15 is 0 Å². The second kappa shape index (κ2) is 8.24. The summed E-state index contributed by atoms with van der Waals surface area (Å²) in [6.07, 6.45) is 1.68. The summed E-state index contributed by atoms with van der Waals surface area (Å²) in [4.78, 5) is 15.1. The summed E-state index contributed by atoms with van der Waals surface area (Å²) < 4.78 is 10.9. The van der Waals surface area contributed by atoms with Crippen molar-refractivity contribution in [2.24, 2.45) is 0 Å². The normalized spacial score (nSPS) is 16.1. The molecule has 2 aliphatic heterocycles. The lowest BCUT2D eigenvalue weighted by molar-refractivity contribution is 0.174. The molecule has 162 valence electrons. The van der Waals surface area contributed by atoms with Crippen molar-refractivity contribution < 1.29 is 9.47 Å². The SMILES string of the molecule is Clc1ccc(-c2csc3ncnc(N4CCN(Cc5ccc6c(c5)OCO6)CC4)c23)cc1. The van der Waals surface area contributed by atoms with E-state index in [1.807, 2.05) is 18.2 Å². The van der Waals surface area contributed by atoms with Crippen LogP contribution < -0.4 is 14.4 Å². The Morgan fingerprint density at radius 1 is 0.938 bits per heavy atom. The van der Waals surface area contributed by atoms with E-state index in [0.29, 0.717) is 6.79 Å². The molecule has 4 heterocycles. The van der Waals surface area contributed by atoms with Crippen LogP contribution in [0.2, 0.25) is 5.02 Å². The molecule has 2 aliphatic rings. The third kappa shape index (κ3) is 3.66. The third-order valence-electron chi connectivity index (χ3n) is 6.02. The molecule has 0 aliphatic carbocycles. The van der Waals surface area contributed by atoms with E-state index in [1.165, 1.54) is 11.1 Å². The molecule has 2 aromatic heterocycles. The zero-order chi connectivity index (χ0) is 21.5. The zero-order valence-electron chi connectivity index (χ0n) is 17.3. The molecule has 0 unspecified atom stereocenters. The first-order valence-electron chi connectivity index (χ1n) is 10.6. The molecular formula is C24H21ClN4O2S. The van der Waals surface area contributed by atoms with Crippen molar-refractivity contribution >= 4 is 39.0 Å². The molecular weight excluding hydrogens is 444 g/mol. The summed E-state index contributed by atoms with van der Waals surface area (Å²) in [6, 6.07) is 14.2. The number of nitrogens with zero attached hydrogens (tertiary/aromatic N) is 4. The minimum absolute atomic E-state index is 0.311. The minimum atomic E-state index is 0.311. The van der Waals surface area contributed by atoms with Gasteiger partial charge in [-0.3, -0.25) is 4.90 Å². The molecule has 0 spiro atoms. The van der Waals surface area contributed by atoms with Gasteiger partial charge in [0.25, 0.3) is 0 Å². The Balaban J connectivity index is 1.21. The fraction of sp³-hybridized carbons (Fsp3) is 0.250. The number of hydrogen-bond acceptors (Lipinski definition) is 7. The fourth-order valence-corrected chi connectivity index (χ4v) is 5.39. The summed E-state index contributed by atoms with van der Waals surface area (Å²) in [5.74, 6) is 2.69. The largest absolute Gasteiger partial charge is 0.454 e. The van der Waals surface area contributed by atoms with Crippen LogP contribution in [0.1, 0.15) is 5.56 Å². The Hall–Kier alpha value is -2.87. The topological polar surface area (TPSA) is 50.7 Å². The maximum Gasteiger partial charge on any atom is 0.231 e. The van der Waals surface area contributed by atoms with Gasteiger partial charge in [-0.1, -0.05) is 29.8 Å². The van der Waals surface area contributed by atoms with E-state index in [0.717, 1.165) is 70.8 Å². The smallest absolute Gasteiger partial charge is 0.231 e. The fourth-order valence-electron chi connectivity index (χ4n) is 4.36. The molecule has 0 bridgehead atoms. The highest BCUT2D eigenvalue weighted by Gasteiger charge is 2.23. The summed E-state index contributed by atoms with van der Waals surface area (Å²) in [5.41, 5.74) is 3.55. The predicted octanol–water partition coefficient (Wildman–Crippen LogP) is 5.06. The lowest BCUT2D eigenvalue weighted by Crippen LogP contribution is -2.46. The summed E-state index contributed by atoms with van der Waals surface area (Å²) in [7, 11) is 0. The Morgan fingerprint density at radius 3 is 2.59 bits per heavy atom. The maximum atomic E-state index is 6.10. The molecule has 0 amide bonds. The summed E-state index contributed by atoms with van der Waals surface area (Å²) in [6.45, 7) is 5.00. The first-order valence-corrected chi connectivity index (χ1v) is 11.8. The van der Waals surface area contributed by atoms with Gasteiger partial charge in [-0.15, -0.1) is 11.3 Å². The van der Waals surface area contributed by atoms with Crippen LogP contribution in [0.4, 0.5) is 5.82 Å². The molecule has 4 aromatic rings. The average molecular weight is 465 g/mol. The number of thiophene rings is 1. The van der Waals surface area contributed by atoms with E-state index in [9.17, 15) is 0 Å². The third-order valence-corrected chi connectivity index (χ3v) is 7.16. The molecule has 0 N–H and O–H groups in total. The molecule has 0 radical (unpaired) electrons. The van der Waals surface area contributed by atoms with Crippen LogP contribution in [0, 0.1) is 0 Å². The molecule has 6 nitrogen and oxygen atoms in total. The Morgan fingerprint density at radius 2 is 1.75 bits per heavy atom. The number of hydrogen-bond donors (Lipinski definition) is 0. The minimum Gasteiger partial charge on any atom is -0.454 e. The molecule has 32 heavy (non-hydrogen) atoms. The number of fused-ring (bicyclic) bond motifs is 2. The number of anilines is 1. The molecule has 0 saturated carbocycles. The second-order valence-electron chi connectivity index (χ2n) is 7.98. The Bertz CT molecular complexity index is 1270.